The topological polar surface area (TPSA) is 92.6 Å². The quantitative estimate of drug-likeness (QED) is 0.670. The zero-order chi connectivity index (χ0) is 15.8. The normalized spacial score (nSPS) is 19.4. The molecule has 0 saturated carbocycles. The molecule has 7 nitrogen and oxygen atoms in total. The predicted molar refractivity (Wildman–Crippen MR) is 78.9 cm³/mol. The lowest BCUT2D eigenvalue weighted by Gasteiger charge is -2.41. The molecule has 1 heterocycles. The average molecular weight is 334 g/mol. The number of nitrogens with one attached hydrogen (secondary N) is 1. The number of rotatable bonds is 3. The molecule has 116 valence electrons. The maximum absolute atomic E-state index is 12.8. The van der Waals surface area contributed by atoms with Crippen LogP contribution in [0.3, 0.4) is 0 Å². The second-order valence-corrected chi connectivity index (χ2v) is 7.68. The van der Waals surface area contributed by atoms with Crippen LogP contribution in [0.2, 0.25) is 5.02 Å². The summed E-state index contributed by atoms with van der Waals surface area (Å²) in [6, 6.07) is 3.43. The van der Waals surface area contributed by atoms with E-state index >= 15 is 0 Å². The van der Waals surface area contributed by atoms with Crippen LogP contribution < -0.4 is 5.32 Å². The number of nitro groups is 1. The molecule has 0 atom stereocenters. The molecule has 0 aliphatic carbocycles. The van der Waals surface area contributed by atoms with E-state index in [0.29, 0.717) is 13.1 Å². The van der Waals surface area contributed by atoms with E-state index in [9.17, 15) is 18.5 Å². The van der Waals surface area contributed by atoms with Gasteiger partial charge >= 0.3 is 0 Å². The zero-order valence-electron chi connectivity index (χ0n) is 11.7. The highest BCUT2D eigenvalue weighted by Crippen LogP contribution is 2.32. The van der Waals surface area contributed by atoms with Crippen LogP contribution in [0, 0.1) is 10.1 Å². The lowest BCUT2D eigenvalue weighted by molar-refractivity contribution is -0.385. The van der Waals surface area contributed by atoms with E-state index < -0.39 is 20.5 Å². The third-order valence-electron chi connectivity index (χ3n) is 3.42. The monoisotopic (exact) mass is 333 g/mol. The van der Waals surface area contributed by atoms with Gasteiger partial charge in [0.25, 0.3) is 5.69 Å². The Bertz CT molecular complexity index is 675. The van der Waals surface area contributed by atoms with E-state index in [1.165, 1.54) is 16.4 Å². The van der Waals surface area contributed by atoms with Crippen LogP contribution in [-0.4, -0.2) is 42.8 Å². The molecule has 9 heteroatoms. The molecule has 0 amide bonds. The molecule has 21 heavy (non-hydrogen) atoms. The third-order valence-corrected chi connectivity index (χ3v) is 6.01. The van der Waals surface area contributed by atoms with Crippen molar-refractivity contribution in [2.45, 2.75) is 24.3 Å². The van der Waals surface area contributed by atoms with Crippen LogP contribution in [0.5, 0.6) is 0 Å². The minimum absolute atomic E-state index is 0.0186. The Morgan fingerprint density at radius 2 is 2.10 bits per heavy atom. The van der Waals surface area contributed by atoms with Gasteiger partial charge < -0.3 is 5.32 Å². The fourth-order valence-electron chi connectivity index (χ4n) is 2.33. The Morgan fingerprint density at radius 1 is 1.43 bits per heavy atom. The van der Waals surface area contributed by atoms with Crippen LogP contribution in [-0.2, 0) is 10.0 Å². The van der Waals surface area contributed by atoms with Crippen LogP contribution in [0.25, 0.3) is 0 Å². The second-order valence-electron chi connectivity index (χ2n) is 5.44. The van der Waals surface area contributed by atoms with Gasteiger partial charge in [-0.3, -0.25) is 10.1 Å². The van der Waals surface area contributed by atoms with E-state index in [1.54, 1.807) is 13.8 Å². The van der Waals surface area contributed by atoms with Crippen molar-refractivity contribution in [3.05, 3.63) is 33.3 Å². The third kappa shape index (κ3) is 3.03. The standard InChI is InChI=1S/C12H16ClN3O4S/c1-12(2)8-14-5-6-15(12)21(19,20)11-7-9(16(17)18)3-4-10(11)13/h3-4,7,14H,5-6,8H2,1-2H3. The van der Waals surface area contributed by atoms with Gasteiger partial charge in [-0.15, -0.1) is 0 Å². The molecular formula is C12H16ClN3O4S. The first-order valence-corrected chi connectivity index (χ1v) is 8.15. The summed E-state index contributed by atoms with van der Waals surface area (Å²) in [5.41, 5.74) is -0.934. The van der Waals surface area contributed by atoms with E-state index in [4.69, 9.17) is 11.6 Å². The van der Waals surface area contributed by atoms with Crippen molar-refractivity contribution in [1.29, 1.82) is 0 Å². The number of nitrogens with zero attached hydrogens (tertiary/aromatic N) is 2. The van der Waals surface area contributed by atoms with Crippen LogP contribution in [0.15, 0.2) is 23.1 Å². The lowest BCUT2D eigenvalue weighted by atomic mass is 10.0. The Kier molecular flexibility index (Phi) is 4.25. The van der Waals surface area contributed by atoms with Gasteiger partial charge in [0.05, 0.1) is 9.95 Å². The summed E-state index contributed by atoms with van der Waals surface area (Å²) in [5, 5.41) is 13.9. The first-order chi connectivity index (χ1) is 9.66. The molecule has 1 aromatic carbocycles. The minimum Gasteiger partial charge on any atom is -0.314 e. The van der Waals surface area contributed by atoms with E-state index in [0.717, 1.165) is 6.07 Å². The zero-order valence-corrected chi connectivity index (χ0v) is 13.2. The minimum atomic E-state index is -3.90. The molecule has 1 aliphatic rings. The van der Waals surface area contributed by atoms with E-state index in [2.05, 4.69) is 5.32 Å². The number of hydrogen-bond donors (Lipinski definition) is 1. The number of piperazine rings is 1. The first-order valence-electron chi connectivity index (χ1n) is 6.34. The maximum Gasteiger partial charge on any atom is 0.270 e. The van der Waals surface area contributed by atoms with Crippen LogP contribution in [0.4, 0.5) is 5.69 Å². The largest absolute Gasteiger partial charge is 0.314 e. The molecule has 2 rings (SSSR count). The molecule has 1 saturated heterocycles. The summed E-state index contributed by atoms with van der Waals surface area (Å²) in [6.45, 7) is 4.90. The Labute approximate surface area is 128 Å². The molecule has 1 N–H and O–H groups in total. The van der Waals surface area contributed by atoms with Crippen LogP contribution >= 0.6 is 11.6 Å². The van der Waals surface area contributed by atoms with Crippen molar-refractivity contribution < 1.29 is 13.3 Å². The highest BCUT2D eigenvalue weighted by atomic mass is 35.5. The van der Waals surface area contributed by atoms with Crippen molar-refractivity contribution in [1.82, 2.24) is 9.62 Å². The molecule has 1 fully saturated rings. The predicted octanol–water partition coefficient (Wildman–Crippen LogP) is 1.62. The van der Waals surface area contributed by atoms with Crippen molar-refractivity contribution >= 4 is 27.3 Å². The number of sulfonamides is 1. The summed E-state index contributed by atoms with van der Waals surface area (Å²) in [5.74, 6) is 0. The van der Waals surface area contributed by atoms with Gasteiger partial charge in [0, 0.05) is 37.3 Å². The summed E-state index contributed by atoms with van der Waals surface area (Å²) in [6.07, 6.45) is 0. The van der Waals surface area contributed by atoms with Gasteiger partial charge in [0.15, 0.2) is 0 Å². The molecule has 1 aromatic rings. The van der Waals surface area contributed by atoms with Gasteiger partial charge in [-0.05, 0) is 19.9 Å². The fraction of sp³-hybridized carbons (Fsp3) is 0.500. The number of halogens is 1. The van der Waals surface area contributed by atoms with Crippen LogP contribution in [0.1, 0.15) is 13.8 Å². The first kappa shape index (κ1) is 16.2. The number of nitro benzene ring substituents is 1. The number of benzene rings is 1. The van der Waals surface area contributed by atoms with Crippen molar-refractivity contribution in [3.8, 4) is 0 Å². The molecule has 1 aliphatic heterocycles. The summed E-state index contributed by atoms with van der Waals surface area (Å²) in [7, 11) is -3.90. The van der Waals surface area contributed by atoms with E-state index in [-0.39, 0.29) is 22.2 Å². The van der Waals surface area contributed by atoms with Crippen molar-refractivity contribution in [2.24, 2.45) is 0 Å². The number of non-ortho nitro benzene ring substituents is 1. The summed E-state index contributed by atoms with van der Waals surface area (Å²) < 4.78 is 26.9. The number of hydrogen-bond acceptors (Lipinski definition) is 5. The molecule has 0 unspecified atom stereocenters. The molecule has 0 spiro atoms. The SMILES string of the molecule is CC1(C)CNCCN1S(=O)(=O)c1cc([N+](=O)[O-])ccc1Cl. The van der Waals surface area contributed by atoms with Gasteiger partial charge in [0.1, 0.15) is 4.90 Å². The molecular weight excluding hydrogens is 318 g/mol. The molecule has 0 aromatic heterocycles. The van der Waals surface area contributed by atoms with Crippen molar-refractivity contribution in [3.63, 3.8) is 0 Å². The highest BCUT2D eigenvalue weighted by Gasteiger charge is 2.40. The Hall–Kier alpha value is -1.22. The van der Waals surface area contributed by atoms with Gasteiger partial charge in [0.2, 0.25) is 10.0 Å². The Balaban J connectivity index is 2.53. The Morgan fingerprint density at radius 3 is 2.67 bits per heavy atom. The highest BCUT2D eigenvalue weighted by molar-refractivity contribution is 7.89. The summed E-state index contributed by atoms with van der Waals surface area (Å²) in [4.78, 5) is 9.97. The van der Waals surface area contributed by atoms with Gasteiger partial charge in [-0.25, -0.2) is 8.42 Å². The maximum atomic E-state index is 12.8. The van der Waals surface area contributed by atoms with E-state index in [1.807, 2.05) is 0 Å². The smallest absolute Gasteiger partial charge is 0.270 e. The van der Waals surface area contributed by atoms with Gasteiger partial charge in [-0.2, -0.15) is 4.31 Å². The van der Waals surface area contributed by atoms with Crippen molar-refractivity contribution in [2.75, 3.05) is 19.6 Å². The average Bonchev–Trinajstić information content (AvgIpc) is 2.37. The summed E-state index contributed by atoms with van der Waals surface area (Å²) >= 11 is 5.95. The molecule has 0 radical (unpaired) electrons. The lowest BCUT2D eigenvalue weighted by Crippen LogP contribution is -2.59. The van der Waals surface area contributed by atoms with Gasteiger partial charge in [-0.1, -0.05) is 11.6 Å². The fourth-order valence-corrected chi connectivity index (χ4v) is 4.61. The molecule has 0 bridgehead atoms. The second kappa shape index (κ2) is 5.53.